The minimum absolute atomic E-state index is 0.353. The van der Waals surface area contributed by atoms with Crippen molar-refractivity contribution in [2.45, 2.75) is 66.2 Å². The Bertz CT molecular complexity index is 1110. The molecule has 1 unspecified atom stereocenters. The minimum atomic E-state index is 0.353. The maximum Gasteiger partial charge on any atom is 0.0313 e. The summed E-state index contributed by atoms with van der Waals surface area (Å²) in [7, 11) is 0. The van der Waals surface area contributed by atoms with Crippen LogP contribution >= 0.6 is 0 Å². The first-order chi connectivity index (χ1) is 14.8. The van der Waals surface area contributed by atoms with Gasteiger partial charge in [0.1, 0.15) is 0 Å². The SMILES string of the molecule is Cc1cc(C(C)C)ccc1C1C(C(C)C)=Cc2c(-c3ccc(C(C)C)cc3)cccc21. The second-order valence-electron chi connectivity index (χ2n) is 10.1. The molecule has 0 saturated carbocycles. The van der Waals surface area contributed by atoms with Gasteiger partial charge in [-0.05, 0) is 69.2 Å². The van der Waals surface area contributed by atoms with Gasteiger partial charge in [-0.1, -0.05) is 114 Å². The Morgan fingerprint density at radius 3 is 1.87 bits per heavy atom. The van der Waals surface area contributed by atoms with Crippen LogP contribution in [-0.4, -0.2) is 0 Å². The molecule has 160 valence electrons. The molecule has 31 heavy (non-hydrogen) atoms. The summed E-state index contributed by atoms with van der Waals surface area (Å²) in [6.07, 6.45) is 2.48. The van der Waals surface area contributed by atoms with Crippen molar-refractivity contribution >= 4 is 6.08 Å². The molecule has 0 amide bonds. The van der Waals surface area contributed by atoms with Crippen LogP contribution in [0.2, 0.25) is 0 Å². The van der Waals surface area contributed by atoms with E-state index in [4.69, 9.17) is 0 Å². The molecule has 0 spiro atoms. The van der Waals surface area contributed by atoms with Crippen molar-refractivity contribution in [2.75, 3.05) is 0 Å². The number of allylic oxidation sites excluding steroid dienone is 1. The van der Waals surface area contributed by atoms with Gasteiger partial charge < -0.3 is 0 Å². The van der Waals surface area contributed by atoms with E-state index in [1.807, 2.05) is 0 Å². The van der Waals surface area contributed by atoms with Crippen LogP contribution in [0.3, 0.4) is 0 Å². The maximum absolute atomic E-state index is 2.48. The van der Waals surface area contributed by atoms with Crippen molar-refractivity contribution in [3.05, 3.63) is 99.6 Å². The van der Waals surface area contributed by atoms with Gasteiger partial charge in [0.05, 0.1) is 0 Å². The fourth-order valence-corrected chi connectivity index (χ4v) is 4.95. The molecule has 0 N–H and O–H groups in total. The Labute approximate surface area is 189 Å². The van der Waals surface area contributed by atoms with Crippen molar-refractivity contribution in [1.82, 2.24) is 0 Å². The quantitative estimate of drug-likeness (QED) is 0.395. The van der Waals surface area contributed by atoms with Crippen LogP contribution in [0.5, 0.6) is 0 Å². The third kappa shape index (κ3) is 4.01. The molecule has 0 fully saturated rings. The van der Waals surface area contributed by atoms with Gasteiger partial charge in [-0.2, -0.15) is 0 Å². The minimum Gasteiger partial charge on any atom is -0.0613 e. The van der Waals surface area contributed by atoms with Crippen molar-refractivity contribution < 1.29 is 0 Å². The van der Waals surface area contributed by atoms with Crippen LogP contribution in [0.1, 0.15) is 92.7 Å². The molecule has 0 bridgehead atoms. The lowest BCUT2D eigenvalue weighted by atomic mass is 9.80. The van der Waals surface area contributed by atoms with Crippen molar-refractivity contribution in [3.63, 3.8) is 0 Å². The molecule has 0 nitrogen and oxygen atoms in total. The summed E-state index contributed by atoms with van der Waals surface area (Å²) < 4.78 is 0. The highest BCUT2D eigenvalue weighted by molar-refractivity contribution is 5.83. The Balaban J connectivity index is 1.84. The lowest BCUT2D eigenvalue weighted by molar-refractivity contribution is 0.713. The second-order valence-corrected chi connectivity index (χ2v) is 10.1. The van der Waals surface area contributed by atoms with Crippen LogP contribution < -0.4 is 0 Å². The van der Waals surface area contributed by atoms with Crippen LogP contribution in [0.25, 0.3) is 17.2 Å². The Morgan fingerprint density at radius 1 is 0.645 bits per heavy atom. The summed E-state index contributed by atoms with van der Waals surface area (Å²) in [5.41, 5.74) is 12.7. The average Bonchev–Trinajstić information content (AvgIpc) is 3.13. The summed E-state index contributed by atoms with van der Waals surface area (Å²) >= 11 is 0. The van der Waals surface area contributed by atoms with E-state index in [0.717, 1.165) is 0 Å². The van der Waals surface area contributed by atoms with Crippen LogP contribution in [0, 0.1) is 12.8 Å². The number of fused-ring (bicyclic) bond motifs is 1. The molecule has 3 aromatic carbocycles. The molecular weight excluding hydrogens is 372 g/mol. The summed E-state index contributed by atoms with van der Waals surface area (Å²) in [5, 5.41) is 0. The summed E-state index contributed by atoms with van der Waals surface area (Å²) in [4.78, 5) is 0. The molecule has 0 radical (unpaired) electrons. The summed E-state index contributed by atoms with van der Waals surface area (Å²) in [6.45, 7) is 16.0. The fourth-order valence-electron chi connectivity index (χ4n) is 4.95. The van der Waals surface area contributed by atoms with E-state index >= 15 is 0 Å². The number of rotatable bonds is 5. The Kier molecular flexibility index (Phi) is 5.93. The number of aryl methyl sites for hydroxylation is 1. The lowest BCUT2D eigenvalue weighted by Crippen LogP contribution is -2.08. The summed E-state index contributed by atoms with van der Waals surface area (Å²) in [5.74, 6) is 1.98. The standard InChI is InChI=1S/C31H36/c1-19(2)23-11-13-24(14-12-23)27-9-8-10-28-30(27)18-29(21(5)6)31(28)26-16-15-25(20(3)4)17-22(26)7/h8-21,31H,1-7H3. The number of hydrogen-bond acceptors (Lipinski definition) is 0. The lowest BCUT2D eigenvalue weighted by Gasteiger charge is -2.23. The van der Waals surface area contributed by atoms with E-state index in [1.54, 1.807) is 0 Å². The van der Waals surface area contributed by atoms with E-state index in [9.17, 15) is 0 Å². The molecule has 0 saturated heterocycles. The molecule has 1 aliphatic carbocycles. The van der Waals surface area contributed by atoms with Gasteiger partial charge in [-0.15, -0.1) is 0 Å². The van der Waals surface area contributed by atoms with Crippen molar-refractivity contribution in [3.8, 4) is 11.1 Å². The highest BCUT2D eigenvalue weighted by Crippen LogP contribution is 2.48. The van der Waals surface area contributed by atoms with Crippen LogP contribution in [0.15, 0.2) is 66.2 Å². The molecule has 0 aromatic heterocycles. The third-order valence-electron chi connectivity index (χ3n) is 6.92. The van der Waals surface area contributed by atoms with Gasteiger partial charge >= 0.3 is 0 Å². The highest BCUT2D eigenvalue weighted by atomic mass is 14.3. The highest BCUT2D eigenvalue weighted by Gasteiger charge is 2.31. The van der Waals surface area contributed by atoms with E-state index in [2.05, 4.69) is 115 Å². The predicted molar refractivity (Wildman–Crippen MR) is 136 cm³/mol. The Hall–Kier alpha value is -2.60. The molecule has 0 heteroatoms. The second kappa shape index (κ2) is 8.50. The largest absolute Gasteiger partial charge is 0.0613 e. The van der Waals surface area contributed by atoms with E-state index in [-0.39, 0.29) is 0 Å². The molecule has 4 rings (SSSR count). The van der Waals surface area contributed by atoms with Gasteiger partial charge in [0.15, 0.2) is 0 Å². The first-order valence-corrected chi connectivity index (χ1v) is 11.8. The normalized spacial score (nSPS) is 15.7. The molecule has 1 atom stereocenters. The van der Waals surface area contributed by atoms with Gasteiger partial charge in [0, 0.05) is 5.92 Å². The predicted octanol–water partition coefficient (Wildman–Crippen LogP) is 9.09. The zero-order valence-electron chi connectivity index (χ0n) is 20.2. The monoisotopic (exact) mass is 408 g/mol. The van der Waals surface area contributed by atoms with Gasteiger partial charge in [0.2, 0.25) is 0 Å². The molecule has 1 aliphatic rings. The van der Waals surface area contributed by atoms with Crippen molar-refractivity contribution in [1.29, 1.82) is 0 Å². The zero-order valence-corrected chi connectivity index (χ0v) is 20.2. The molecule has 0 aliphatic heterocycles. The molecule has 0 heterocycles. The van der Waals surface area contributed by atoms with Crippen molar-refractivity contribution in [2.24, 2.45) is 5.92 Å². The summed E-state index contributed by atoms with van der Waals surface area (Å²) in [6, 6.07) is 23.1. The van der Waals surface area contributed by atoms with E-state index < -0.39 is 0 Å². The van der Waals surface area contributed by atoms with Gasteiger partial charge in [-0.25, -0.2) is 0 Å². The van der Waals surface area contributed by atoms with Crippen LogP contribution in [-0.2, 0) is 0 Å². The number of benzene rings is 3. The van der Waals surface area contributed by atoms with Gasteiger partial charge in [0.25, 0.3) is 0 Å². The fraction of sp³-hybridized carbons (Fsp3) is 0.355. The zero-order chi connectivity index (χ0) is 22.3. The first kappa shape index (κ1) is 21.6. The molecular formula is C31H36. The smallest absolute Gasteiger partial charge is 0.0313 e. The number of hydrogen-bond donors (Lipinski definition) is 0. The topological polar surface area (TPSA) is 0 Å². The first-order valence-electron chi connectivity index (χ1n) is 11.8. The van der Waals surface area contributed by atoms with Gasteiger partial charge in [-0.3, -0.25) is 0 Å². The van der Waals surface area contributed by atoms with Crippen LogP contribution in [0.4, 0.5) is 0 Å². The van der Waals surface area contributed by atoms with E-state index in [0.29, 0.717) is 23.7 Å². The average molecular weight is 409 g/mol. The Morgan fingerprint density at radius 2 is 1.29 bits per heavy atom. The molecule has 3 aromatic rings. The maximum atomic E-state index is 2.48. The van der Waals surface area contributed by atoms with E-state index in [1.165, 1.54) is 50.1 Å². The third-order valence-corrected chi connectivity index (χ3v) is 6.92.